The van der Waals surface area contributed by atoms with Crippen LogP contribution in [0.1, 0.15) is 30.3 Å². The SMILES string of the molecule is CCOC(=O)CCCNC(=O)c1ccc([N+](=O)[O-])o1. The first-order chi connectivity index (χ1) is 9.04. The lowest BCUT2D eigenvalue weighted by atomic mass is 10.3. The highest BCUT2D eigenvalue weighted by molar-refractivity contribution is 5.91. The summed E-state index contributed by atoms with van der Waals surface area (Å²) in [5.74, 6) is -1.51. The lowest BCUT2D eigenvalue weighted by molar-refractivity contribution is -0.402. The van der Waals surface area contributed by atoms with Crippen molar-refractivity contribution < 1.29 is 23.7 Å². The van der Waals surface area contributed by atoms with Crippen molar-refractivity contribution in [2.24, 2.45) is 0 Å². The molecule has 0 atom stereocenters. The molecule has 1 heterocycles. The van der Waals surface area contributed by atoms with Gasteiger partial charge in [0.05, 0.1) is 12.7 Å². The summed E-state index contributed by atoms with van der Waals surface area (Å²) >= 11 is 0. The van der Waals surface area contributed by atoms with Gasteiger partial charge in [0, 0.05) is 13.0 Å². The number of nitrogens with one attached hydrogen (secondary N) is 1. The zero-order valence-electron chi connectivity index (χ0n) is 10.4. The molecular formula is C11H14N2O6. The number of amides is 1. The number of furan rings is 1. The topological polar surface area (TPSA) is 112 Å². The zero-order chi connectivity index (χ0) is 14.3. The van der Waals surface area contributed by atoms with Crippen LogP contribution < -0.4 is 5.32 Å². The summed E-state index contributed by atoms with van der Waals surface area (Å²) in [7, 11) is 0. The molecule has 8 nitrogen and oxygen atoms in total. The van der Waals surface area contributed by atoms with E-state index >= 15 is 0 Å². The second-order valence-electron chi connectivity index (χ2n) is 3.56. The number of rotatable bonds is 7. The van der Waals surface area contributed by atoms with E-state index in [-0.39, 0.29) is 24.7 Å². The molecule has 0 fully saturated rings. The Morgan fingerprint density at radius 2 is 2.21 bits per heavy atom. The minimum absolute atomic E-state index is 0.136. The number of carbonyl (C=O) groups is 2. The molecule has 1 amide bonds. The number of esters is 1. The van der Waals surface area contributed by atoms with Crippen LogP contribution in [0.4, 0.5) is 5.88 Å². The fourth-order valence-electron chi connectivity index (χ4n) is 1.30. The minimum Gasteiger partial charge on any atom is -0.466 e. The Bertz CT molecular complexity index is 468. The van der Waals surface area contributed by atoms with E-state index in [0.717, 1.165) is 6.07 Å². The third kappa shape index (κ3) is 4.78. The maximum atomic E-state index is 11.5. The Hall–Kier alpha value is -2.38. The first-order valence-electron chi connectivity index (χ1n) is 5.72. The number of nitro groups is 1. The molecule has 0 aliphatic carbocycles. The average Bonchev–Trinajstić information content (AvgIpc) is 2.84. The third-order valence-electron chi connectivity index (χ3n) is 2.14. The van der Waals surface area contributed by atoms with E-state index in [9.17, 15) is 19.7 Å². The Balaban J connectivity index is 2.31. The van der Waals surface area contributed by atoms with Crippen molar-refractivity contribution in [3.8, 4) is 0 Å². The summed E-state index contributed by atoms with van der Waals surface area (Å²) in [6.07, 6.45) is 0.625. The number of nitrogens with zero attached hydrogens (tertiary/aromatic N) is 1. The summed E-state index contributed by atoms with van der Waals surface area (Å²) in [5, 5.41) is 12.8. The Labute approximate surface area is 108 Å². The predicted octanol–water partition coefficient (Wildman–Crippen LogP) is 1.26. The zero-order valence-corrected chi connectivity index (χ0v) is 10.4. The van der Waals surface area contributed by atoms with Crippen LogP contribution >= 0.6 is 0 Å². The van der Waals surface area contributed by atoms with Gasteiger partial charge in [-0.05, 0) is 19.4 Å². The van der Waals surface area contributed by atoms with E-state index in [4.69, 9.17) is 9.15 Å². The van der Waals surface area contributed by atoms with Crippen LogP contribution in [0.15, 0.2) is 16.5 Å². The number of hydrogen-bond donors (Lipinski definition) is 1. The van der Waals surface area contributed by atoms with Crippen molar-refractivity contribution in [2.75, 3.05) is 13.2 Å². The molecular weight excluding hydrogens is 256 g/mol. The van der Waals surface area contributed by atoms with Gasteiger partial charge in [-0.25, -0.2) is 0 Å². The van der Waals surface area contributed by atoms with Gasteiger partial charge in [0.15, 0.2) is 5.76 Å². The quantitative estimate of drug-likeness (QED) is 0.345. The first kappa shape index (κ1) is 14.7. The van der Waals surface area contributed by atoms with Crippen molar-refractivity contribution in [3.63, 3.8) is 0 Å². The highest BCUT2D eigenvalue weighted by Crippen LogP contribution is 2.15. The third-order valence-corrected chi connectivity index (χ3v) is 2.14. The molecule has 0 bridgehead atoms. The maximum absolute atomic E-state index is 11.5. The van der Waals surface area contributed by atoms with Crippen molar-refractivity contribution in [1.82, 2.24) is 5.32 Å². The Morgan fingerprint density at radius 1 is 1.47 bits per heavy atom. The minimum atomic E-state index is -0.725. The predicted molar refractivity (Wildman–Crippen MR) is 63.6 cm³/mol. The van der Waals surface area contributed by atoms with Gasteiger partial charge in [-0.2, -0.15) is 0 Å². The van der Waals surface area contributed by atoms with Crippen LogP contribution in [0.3, 0.4) is 0 Å². The summed E-state index contributed by atoms with van der Waals surface area (Å²) in [5.41, 5.74) is 0. The molecule has 1 aromatic heterocycles. The summed E-state index contributed by atoms with van der Waals surface area (Å²) in [4.78, 5) is 32.2. The maximum Gasteiger partial charge on any atom is 0.433 e. The molecule has 19 heavy (non-hydrogen) atoms. The number of carbonyl (C=O) groups excluding carboxylic acids is 2. The molecule has 0 unspecified atom stereocenters. The van der Waals surface area contributed by atoms with E-state index in [1.807, 2.05) is 0 Å². The van der Waals surface area contributed by atoms with Gasteiger partial charge in [0.1, 0.15) is 4.92 Å². The number of hydrogen-bond acceptors (Lipinski definition) is 6. The summed E-state index contributed by atoms with van der Waals surface area (Å²) in [6.45, 7) is 2.29. The van der Waals surface area contributed by atoms with Crippen LogP contribution in [0.25, 0.3) is 0 Å². The standard InChI is InChI=1S/C11H14N2O6/c1-2-18-10(14)4-3-7-12-11(15)8-5-6-9(19-8)13(16)17/h5-6H,2-4,7H2,1H3,(H,12,15). The van der Waals surface area contributed by atoms with E-state index in [2.05, 4.69) is 5.32 Å². The fraction of sp³-hybridized carbons (Fsp3) is 0.455. The molecule has 0 aromatic carbocycles. The van der Waals surface area contributed by atoms with Crippen molar-refractivity contribution in [1.29, 1.82) is 0 Å². The fourth-order valence-corrected chi connectivity index (χ4v) is 1.30. The average molecular weight is 270 g/mol. The van der Waals surface area contributed by atoms with Crippen molar-refractivity contribution in [3.05, 3.63) is 28.0 Å². The summed E-state index contributed by atoms with van der Waals surface area (Å²) in [6, 6.07) is 2.33. The van der Waals surface area contributed by atoms with Gasteiger partial charge >= 0.3 is 11.9 Å². The van der Waals surface area contributed by atoms with E-state index in [1.165, 1.54) is 6.07 Å². The normalized spacial score (nSPS) is 9.95. The Kier molecular flexibility index (Phi) is 5.52. The number of ether oxygens (including phenoxy) is 1. The lowest BCUT2D eigenvalue weighted by Gasteiger charge is -2.03. The van der Waals surface area contributed by atoms with E-state index in [0.29, 0.717) is 13.0 Å². The first-order valence-corrected chi connectivity index (χ1v) is 5.72. The van der Waals surface area contributed by atoms with Gasteiger partial charge in [-0.1, -0.05) is 0 Å². The van der Waals surface area contributed by atoms with Gasteiger partial charge in [-0.3, -0.25) is 19.7 Å². The van der Waals surface area contributed by atoms with Gasteiger partial charge in [-0.15, -0.1) is 0 Å². The molecule has 0 spiro atoms. The largest absolute Gasteiger partial charge is 0.466 e. The van der Waals surface area contributed by atoms with Crippen molar-refractivity contribution in [2.45, 2.75) is 19.8 Å². The van der Waals surface area contributed by atoms with Crippen LogP contribution in [0, 0.1) is 10.1 Å². The molecule has 1 N–H and O–H groups in total. The summed E-state index contributed by atoms with van der Waals surface area (Å²) < 4.78 is 9.44. The van der Waals surface area contributed by atoms with Crippen LogP contribution in [0.5, 0.6) is 0 Å². The smallest absolute Gasteiger partial charge is 0.433 e. The van der Waals surface area contributed by atoms with Crippen molar-refractivity contribution >= 4 is 17.8 Å². The molecule has 1 aromatic rings. The van der Waals surface area contributed by atoms with Crippen LogP contribution in [-0.2, 0) is 9.53 Å². The molecule has 0 saturated carbocycles. The molecule has 0 radical (unpaired) electrons. The molecule has 0 saturated heterocycles. The highest BCUT2D eigenvalue weighted by atomic mass is 16.6. The monoisotopic (exact) mass is 270 g/mol. The van der Waals surface area contributed by atoms with Gasteiger partial charge < -0.3 is 14.5 Å². The van der Waals surface area contributed by atoms with Gasteiger partial charge in [0.2, 0.25) is 0 Å². The van der Waals surface area contributed by atoms with Crippen LogP contribution in [-0.4, -0.2) is 30.0 Å². The van der Waals surface area contributed by atoms with E-state index in [1.54, 1.807) is 6.92 Å². The molecule has 8 heteroatoms. The molecule has 0 aliphatic rings. The van der Waals surface area contributed by atoms with Crippen LogP contribution in [0.2, 0.25) is 0 Å². The Morgan fingerprint density at radius 3 is 2.79 bits per heavy atom. The molecule has 0 aliphatic heterocycles. The van der Waals surface area contributed by atoms with Gasteiger partial charge in [0.25, 0.3) is 5.91 Å². The van der Waals surface area contributed by atoms with E-state index < -0.39 is 16.7 Å². The second-order valence-corrected chi connectivity index (χ2v) is 3.56. The molecule has 1 rings (SSSR count). The highest BCUT2D eigenvalue weighted by Gasteiger charge is 2.16. The lowest BCUT2D eigenvalue weighted by Crippen LogP contribution is -2.24. The molecule has 104 valence electrons. The second kappa shape index (κ2) is 7.14.